The van der Waals surface area contributed by atoms with Crippen LogP contribution in [0.3, 0.4) is 0 Å². The van der Waals surface area contributed by atoms with E-state index in [1.807, 2.05) is 18.2 Å². The highest BCUT2D eigenvalue weighted by Gasteiger charge is 2.13. The van der Waals surface area contributed by atoms with Crippen LogP contribution in [0.1, 0.15) is 32.9 Å². The Labute approximate surface area is 101 Å². The Morgan fingerprint density at radius 2 is 2.13 bits per heavy atom. The van der Waals surface area contributed by atoms with Crippen molar-refractivity contribution >= 4 is 15.9 Å². The molecule has 0 saturated heterocycles. The Morgan fingerprint density at radius 1 is 1.40 bits per heavy atom. The molecule has 1 heterocycles. The van der Waals surface area contributed by atoms with E-state index in [0.717, 1.165) is 23.4 Å². The Morgan fingerprint density at radius 3 is 2.73 bits per heavy atom. The van der Waals surface area contributed by atoms with Gasteiger partial charge in [0.2, 0.25) is 0 Å². The van der Waals surface area contributed by atoms with Crippen LogP contribution in [0.5, 0.6) is 0 Å². The Bertz CT molecular complexity index is 310. The van der Waals surface area contributed by atoms with Gasteiger partial charge in [0.25, 0.3) is 0 Å². The molecular weight excluding hydrogens is 252 g/mol. The molecule has 84 valence electrons. The summed E-state index contributed by atoms with van der Waals surface area (Å²) < 4.78 is 0.900. The van der Waals surface area contributed by atoms with Gasteiger partial charge in [0.15, 0.2) is 0 Å². The van der Waals surface area contributed by atoms with Crippen LogP contribution in [0.25, 0.3) is 0 Å². The fraction of sp³-hybridized carbons (Fsp3) is 0.583. The van der Waals surface area contributed by atoms with Gasteiger partial charge in [-0.2, -0.15) is 0 Å². The van der Waals surface area contributed by atoms with Crippen molar-refractivity contribution in [2.75, 3.05) is 6.54 Å². The zero-order valence-electron chi connectivity index (χ0n) is 9.68. The van der Waals surface area contributed by atoms with E-state index < -0.39 is 0 Å². The third-order valence-corrected chi connectivity index (χ3v) is 3.08. The molecule has 3 heteroatoms. The highest BCUT2D eigenvalue weighted by molar-refractivity contribution is 9.10. The van der Waals surface area contributed by atoms with E-state index in [2.05, 4.69) is 47.0 Å². The fourth-order valence-corrected chi connectivity index (χ4v) is 1.58. The number of aromatic nitrogens is 1. The smallest absolute Gasteiger partial charge is 0.106 e. The molecule has 1 N–H and O–H groups in total. The van der Waals surface area contributed by atoms with Crippen LogP contribution >= 0.6 is 15.9 Å². The molecule has 0 unspecified atom stereocenters. The summed E-state index contributed by atoms with van der Waals surface area (Å²) in [4.78, 5) is 4.37. The molecule has 0 spiro atoms. The zero-order chi connectivity index (χ0) is 11.3. The van der Waals surface area contributed by atoms with Gasteiger partial charge in [0, 0.05) is 13.1 Å². The molecule has 1 aromatic heterocycles. The second-order valence-electron chi connectivity index (χ2n) is 4.57. The molecule has 0 amide bonds. The molecule has 0 aliphatic carbocycles. The van der Waals surface area contributed by atoms with Crippen molar-refractivity contribution < 1.29 is 0 Å². The molecule has 2 nitrogen and oxygen atoms in total. The van der Waals surface area contributed by atoms with E-state index in [9.17, 15) is 0 Å². The molecule has 0 bridgehead atoms. The van der Waals surface area contributed by atoms with Crippen molar-refractivity contribution in [1.82, 2.24) is 10.3 Å². The van der Waals surface area contributed by atoms with E-state index in [-0.39, 0.29) is 0 Å². The van der Waals surface area contributed by atoms with Crippen molar-refractivity contribution in [2.24, 2.45) is 5.41 Å². The van der Waals surface area contributed by atoms with Crippen molar-refractivity contribution in [3.05, 3.63) is 28.5 Å². The van der Waals surface area contributed by atoms with Crippen LogP contribution in [0.2, 0.25) is 0 Å². The summed E-state index contributed by atoms with van der Waals surface area (Å²) in [5.41, 5.74) is 1.45. The third-order valence-electron chi connectivity index (χ3n) is 2.64. The molecular formula is C12H19BrN2. The zero-order valence-corrected chi connectivity index (χ0v) is 11.3. The summed E-state index contributed by atoms with van der Waals surface area (Å²) in [5.74, 6) is 0. The highest BCUT2D eigenvalue weighted by atomic mass is 79.9. The summed E-state index contributed by atoms with van der Waals surface area (Å²) in [5, 5.41) is 3.44. The molecule has 0 atom stereocenters. The molecule has 1 aromatic rings. The van der Waals surface area contributed by atoms with Gasteiger partial charge in [-0.15, -0.1) is 0 Å². The van der Waals surface area contributed by atoms with Crippen LogP contribution < -0.4 is 5.32 Å². The highest BCUT2D eigenvalue weighted by Crippen LogP contribution is 2.17. The monoisotopic (exact) mass is 270 g/mol. The second-order valence-corrected chi connectivity index (χ2v) is 5.39. The van der Waals surface area contributed by atoms with Gasteiger partial charge < -0.3 is 5.32 Å². The summed E-state index contributed by atoms with van der Waals surface area (Å²) in [6.07, 6.45) is 1.19. The van der Waals surface area contributed by atoms with E-state index in [0.29, 0.717) is 5.41 Å². The van der Waals surface area contributed by atoms with Crippen molar-refractivity contribution in [2.45, 2.75) is 33.7 Å². The minimum atomic E-state index is 0.367. The van der Waals surface area contributed by atoms with E-state index in [1.54, 1.807) is 0 Å². The number of hydrogen-bond donors (Lipinski definition) is 1. The largest absolute Gasteiger partial charge is 0.311 e. The van der Waals surface area contributed by atoms with Gasteiger partial charge in [-0.05, 0) is 39.9 Å². The van der Waals surface area contributed by atoms with Gasteiger partial charge in [0.1, 0.15) is 4.60 Å². The number of halogens is 1. The first-order valence-corrected chi connectivity index (χ1v) is 6.15. The van der Waals surface area contributed by atoms with Gasteiger partial charge in [-0.1, -0.05) is 26.8 Å². The predicted molar refractivity (Wildman–Crippen MR) is 67.7 cm³/mol. The van der Waals surface area contributed by atoms with Crippen LogP contribution in [0, 0.1) is 5.41 Å². The quantitative estimate of drug-likeness (QED) is 0.830. The summed E-state index contributed by atoms with van der Waals surface area (Å²) in [6, 6.07) is 6.00. The normalized spacial score (nSPS) is 11.7. The van der Waals surface area contributed by atoms with Crippen molar-refractivity contribution in [3.63, 3.8) is 0 Å². The first-order valence-electron chi connectivity index (χ1n) is 5.36. The second kappa shape index (κ2) is 5.61. The average Bonchev–Trinajstić information content (AvgIpc) is 2.18. The third kappa shape index (κ3) is 4.76. The molecule has 0 aromatic carbocycles. The fourth-order valence-electron chi connectivity index (χ4n) is 1.20. The molecule has 0 fully saturated rings. The molecule has 1 rings (SSSR count). The molecule has 0 aliphatic heterocycles. The Hall–Kier alpha value is -0.410. The van der Waals surface area contributed by atoms with Gasteiger partial charge in [-0.3, -0.25) is 0 Å². The summed E-state index contributed by atoms with van der Waals surface area (Å²) in [6.45, 7) is 8.63. The minimum absolute atomic E-state index is 0.367. The van der Waals surface area contributed by atoms with Crippen LogP contribution in [-0.4, -0.2) is 11.5 Å². The minimum Gasteiger partial charge on any atom is -0.311 e. The number of nitrogens with one attached hydrogen (secondary N) is 1. The first kappa shape index (κ1) is 12.7. The van der Waals surface area contributed by atoms with Gasteiger partial charge >= 0.3 is 0 Å². The predicted octanol–water partition coefficient (Wildman–Crippen LogP) is 3.37. The molecule has 15 heavy (non-hydrogen) atoms. The van der Waals surface area contributed by atoms with Crippen molar-refractivity contribution in [3.8, 4) is 0 Å². The van der Waals surface area contributed by atoms with Gasteiger partial charge in [0.05, 0.1) is 5.69 Å². The van der Waals surface area contributed by atoms with E-state index in [4.69, 9.17) is 0 Å². The van der Waals surface area contributed by atoms with Gasteiger partial charge in [-0.25, -0.2) is 4.98 Å². The van der Waals surface area contributed by atoms with Crippen LogP contribution in [-0.2, 0) is 6.54 Å². The number of rotatable bonds is 5. The topological polar surface area (TPSA) is 24.9 Å². The van der Waals surface area contributed by atoms with Crippen LogP contribution in [0.4, 0.5) is 0 Å². The lowest BCUT2D eigenvalue weighted by atomic mass is 9.90. The standard InChI is InChI=1S/C12H19BrN2/c1-4-12(2,3)9-14-8-10-6-5-7-11(13)15-10/h5-7,14H,4,8-9H2,1-3H3. The maximum atomic E-state index is 4.37. The summed E-state index contributed by atoms with van der Waals surface area (Å²) >= 11 is 3.37. The molecule has 0 aliphatic rings. The first-order chi connectivity index (χ1) is 7.03. The maximum Gasteiger partial charge on any atom is 0.106 e. The average molecular weight is 271 g/mol. The Balaban J connectivity index is 2.38. The Kier molecular flexibility index (Phi) is 4.74. The van der Waals surface area contributed by atoms with Crippen molar-refractivity contribution in [1.29, 1.82) is 0 Å². The maximum absolute atomic E-state index is 4.37. The lowest BCUT2D eigenvalue weighted by molar-refractivity contribution is 0.327. The number of nitrogens with zero attached hydrogens (tertiary/aromatic N) is 1. The van der Waals surface area contributed by atoms with Crippen LogP contribution in [0.15, 0.2) is 22.8 Å². The lowest BCUT2D eigenvalue weighted by Gasteiger charge is -2.22. The SMILES string of the molecule is CCC(C)(C)CNCc1cccc(Br)n1. The number of pyridine rings is 1. The van der Waals surface area contributed by atoms with E-state index in [1.165, 1.54) is 6.42 Å². The summed E-state index contributed by atoms with van der Waals surface area (Å²) in [7, 11) is 0. The lowest BCUT2D eigenvalue weighted by Crippen LogP contribution is -2.28. The number of hydrogen-bond acceptors (Lipinski definition) is 2. The molecule has 0 saturated carbocycles. The van der Waals surface area contributed by atoms with E-state index >= 15 is 0 Å². The molecule has 0 radical (unpaired) electrons.